The van der Waals surface area contributed by atoms with E-state index in [1.807, 2.05) is 11.8 Å². The number of benzene rings is 1. The van der Waals surface area contributed by atoms with Gasteiger partial charge in [0.1, 0.15) is 0 Å². The molecule has 2 heterocycles. The van der Waals surface area contributed by atoms with E-state index < -0.39 is 0 Å². The van der Waals surface area contributed by atoms with Gasteiger partial charge in [0.2, 0.25) is 5.91 Å². The molecule has 1 N–H and O–H groups in total. The molecule has 0 spiro atoms. The Kier molecular flexibility index (Phi) is 7.74. The fraction of sp³-hybridized carbons (Fsp3) is 0.611. The van der Waals surface area contributed by atoms with Gasteiger partial charge in [-0.1, -0.05) is 30.3 Å². The van der Waals surface area contributed by atoms with Gasteiger partial charge in [-0.3, -0.25) is 4.79 Å². The number of nitrogens with one attached hydrogen (secondary N) is 1. The average Bonchev–Trinajstić information content (AvgIpc) is 2.57. The first-order chi connectivity index (χ1) is 10.8. The summed E-state index contributed by atoms with van der Waals surface area (Å²) in [5, 5.41) is 3.46. The van der Waals surface area contributed by atoms with Crippen LogP contribution in [0.3, 0.4) is 0 Å². The van der Waals surface area contributed by atoms with Crippen LogP contribution in [-0.2, 0) is 11.2 Å². The number of thioether (sulfide) groups is 1. The Bertz CT molecular complexity index is 471. The van der Waals surface area contributed by atoms with Crippen LogP contribution in [0.5, 0.6) is 0 Å². The fourth-order valence-corrected chi connectivity index (χ4v) is 4.37. The summed E-state index contributed by atoms with van der Waals surface area (Å²) in [5.74, 6) is 3.33. The second-order valence-electron chi connectivity index (χ2n) is 6.44. The molecule has 0 bridgehead atoms. The summed E-state index contributed by atoms with van der Waals surface area (Å²) in [7, 11) is 0. The van der Waals surface area contributed by atoms with Crippen LogP contribution in [-0.4, -0.2) is 48.0 Å². The van der Waals surface area contributed by atoms with Crippen LogP contribution in [0.25, 0.3) is 0 Å². The van der Waals surface area contributed by atoms with E-state index in [2.05, 4.69) is 40.5 Å². The van der Waals surface area contributed by atoms with Gasteiger partial charge in [0, 0.05) is 43.6 Å². The smallest absolute Gasteiger partial charge is 0.224 e. The van der Waals surface area contributed by atoms with Gasteiger partial charge in [-0.25, -0.2) is 0 Å². The molecule has 0 radical (unpaired) electrons. The van der Waals surface area contributed by atoms with Gasteiger partial charge >= 0.3 is 0 Å². The molecular formula is C18H27ClN2OS. The van der Waals surface area contributed by atoms with Crippen LogP contribution in [0.2, 0.25) is 0 Å². The monoisotopic (exact) mass is 354 g/mol. The molecule has 0 aromatic heterocycles. The maximum atomic E-state index is 12.4. The van der Waals surface area contributed by atoms with Crippen LogP contribution in [0, 0.1) is 5.92 Å². The van der Waals surface area contributed by atoms with Crippen molar-refractivity contribution in [1.29, 1.82) is 0 Å². The number of rotatable bonds is 4. The number of amides is 1. The molecule has 1 amide bonds. The number of halogens is 1. The summed E-state index contributed by atoms with van der Waals surface area (Å²) in [6.45, 7) is 2.92. The maximum Gasteiger partial charge on any atom is 0.224 e. The van der Waals surface area contributed by atoms with Gasteiger partial charge in [-0.2, -0.15) is 11.8 Å². The van der Waals surface area contributed by atoms with Gasteiger partial charge in [0.25, 0.3) is 0 Å². The quantitative estimate of drug-likeness (QED) is 0.902. The van der Waals surface area contributed by atoms with Gasteiger partial charge < -0.3 is 10.2 Å². The zero-order chi connectivity index (χ0) is 15.2. The molecule has 0 saturated carbocycles. The highest BCUT2D eigenvalue weighted by atomic mass is 35.5. The minimum absolute atomic E-state index is 0. The Morgan fingerprint density at radius 3 is 2.61 bits per heavy atom. The first-order valence-electron chi connectivity index (χ1n) is 8.44. The lowest BCUT2D eigenvalue weighted by Crippen LogP contribution is -2.45. The zero-order valence-corrected chi connectivity index (χ0v) is 15.2. The lowest BCUT2D eigenvalue weighted by Gasteiger charge is -2.33. The predicted octanol–water partition coefficient (Wildman–Crippen LogP) is 2.98. The van der Waals surface area contributed by atoms with E-state index in [0.717, 1.165) is 50.6 Å². The Morgan fingerprint density at radius 1 is 1.22 bits per heavy atom. The summed E-state index contributed by atoms with van der Waals surface area (Å²) in [4.78, 5) is 14.5. The van der Waals surface area contributed by atoms with Crippen molar-refractivity contribution in [1.82, 2.24) is 10.2 Å². The lowest BCUT2D eigenvalue weighted by molar-refractivity contribution is -0.133. The molecule has 2 aliphatic rings. The third-order valence-electron chi connectivity index (χ3n) is 4.75. The molecule has 5 heteroatoms. The average molecular weight is 355 g/mol. The number of carbonyl (C=O) groups is 1. The molecule has 0 aliphatic carbocycles. The van der Waals surface area contributed by atoms with Crippen LogP contribution in [0.1, 0.15) is 24.8 Å². The minimum atomic E-state index is 0. The minimum Gasteiger partial charge on any atom is -0.343 e. The fourth-order valence-electron chi connectivity index (χ4n) is 3.42. The van der Waals surface area contributed by atoms with Crippen LogP contribution in [0.15, 0.2) is 30.3 Å². The molecule has 2 fully saturated rings. The Morgan fingerprint density at radius 2 is 1.96 bits per heavy atom. The van der Waals surface area contributed by atoms with Gasteiger partial charge in [0.15, 0.2) is 0 Å². The molecule has 2 saturated heterocycles. The molecule has 2 aliphatic heterocycles. The lowest BCUT2D eigenvalue weighted by atomic mass is 9.90. The normalized spacial score (nSPS) is 22.4. The van der Waals surface area contributed by atoms with Crippen molar-refractivity contribution in [2.24, 2.45) is 5.92 Å². The summed E-state index contributed by atoms with van der Waals surface area (Å²) in [5.41, 5.74) is 1.43. The van der Waals surface area contributed by atoms with Crippen molar-refractivity contribution in [2.75, 3.05) is 31.1 Å². The van der Waals surface area contributed by atoms with Crippen molar-refractivity contribution in [3.8, 4) is 0 Å². The number of carbonyl (C=O) groups excluding carboxylic acids is 1. The van der Waals surface area contributed by atoms with E-state index >= 15 is 0 Å². The van der Waals surface area contributed by atoms with Gasteiger partial charge in [0.05, 0.1) is 0 Å². The third-order valence-corrected chi connectivity index (χ3v) is 5.88. The summed E-state index contributed by atoms with van der Waals surface area (Å²) < 4.78 is 0. The Hall–Kier alpha value is -0.710. The van der Waals surface area contributed by atoms with Gasteiger partial charge in [-0.15, -0.1) is 12.4 Å². The Labute approximate surface area is 150 Å². The largest absolute Gasteiger partial charge is 0.343 e. The molecule has 23 heavy (non-hydrogen) atoms. The standard InChI is InChI=1S/C18H26N2OS.ClH/c21-18(13-17-14-22-11-8-19-17)20-9-6-16(7-10-20)12-15-4-2-1-3-5-15;/h1-5,16-17,19H,6-14H2;1H. The number of hydrogen-bond donors (Lipinski definition) is 1. The first kappa shape index (κ1) is 18.6. The van der Waals surface area contributed by atoms with Crippen LogP contribution >= 0.6 is 24.2 Å². The molecule has 1 atom stereocenters. The van der Waals surface area contributed by atoms with E-state index in [1.54, 1.807) is 0 Å². The number of piperidine rings is 1. The van der Waals surface area contributed by atoms with E-state index in [1.165, 1.54) is 11.3 Å². The maximum absolute atomic E-state index is 12.4. The zero-order valence-electron chi connectivity index (χ0n) is 13.6. The number of likely N-dealkylation sites (tertiary alicyclic amines) is 1. The van der Waals surface area contributed by atoms with E-state index in [4.69, 9.17) is 0 Å². The SMILES string of the molecule is Cl.O=C(CC1CSCCN1)N1CCC(Cc2ccccc2)CC1. The molecule has 3 nitrogen and oxygen atoms in total. The summed E-state index contributed by atoms with van der Waals surface area (Å²) >= 11 is 1.96. The molecule has 1 aromatic carbocycles. The highest BCUT2D eigenvalue weighted by Gasteiger charge is 2.25. The highest BCUT2D eigenvalue weighted by Crippen LogP contribution is 2.22. The summed E-state index contributed by atoms with van der Waals surface area (Å²) in [6.07, 6.45) is 4.13. The summed E-state index contributed by atoms with van der Waals surface area (Å²) in [6, 6.07) is 11.1. The van der Waals surface area contributed by atoms with Crippen molar-refractivity contribution in [3.63, 3.8) is 0 Å². The van der Waals surface area contributed by atoms with Crippen LogP contribution in [0.4, 0.5) is 0 Å². The van der Waals surface area contributed by atoms with E-state index in [-0.39, 0.29) is 12.4 Å². The van der Waals surface area contributed by atoms with Crippen molar-refractivity contribution < 1.29 is 4.79 Å². The van der Waals surface area contributed by atoms with Crippen molar-refractivity contribution >= 4 is 30.1 Å². The third kappa shape index (κ3) is 5.70. The van der Waals surface area contributed by atoms with E-state index in [0.29, 0.717) is 18.4 Å². The molecule has 3 rings (SSSR count). The molecular weight excluding hydrogens is 328 g/mol. The van der Waals surface area contributed by atoms with E-state index in [9.17, 15) is 4.79 Å². The highest BCUT2D eigenvalue weighted by molar-refractivity contribution is 7.99. The predicted molar refractivity (Wildman–Crippen MR) is 100 cm³/mol. The second kappa shape index (κ2) is 9.55. The Balaban J connectivity index is 0.00000192. The van der Waals surface area contributed by atoms with Crippen LogP contribution < -0.4 is 5.32 Å². The molecule has 128 valence electrons. The first-order valence-corrected chi connectivity index (χ1v) is 9.59. The van der Waals surface area contributed by atoms with Crippen molar-refractivity contribution in [3.05, 3.63) is 35.9 Å². The van der Waals surface area contributed by atoms with Crippen molar-refractivity contribution in [2.45, 2.75) is 31.7 Å². The topological polar surface area (TPSA) is 32.3 Å². The number of hydrogen-bond acceptors (Lipinski definition) is 3. The number of nitrogens with zero attached hydrogens (tertiary/aromatic N) is 1. The second-order valence-corrected chi connectivity index (χ2v) is 7.59. The van der Waals surface area contributed by atoms with Gasteiger partial charge in [-0.05, 0) is 30.7 Å². The molecule has 1 aromatic rings. The molecule has 1 unspecified atom stereocenters.